The molecule has 0 fully saturated rings. The molecule has 1 heterocycles. The average molecular weight is 336 g/mol. The molecule has 0 bridgehead atoms. The molecule has 2 aromatic rings. The van der Waals surface area contributed by atoms with Gasteiger partial charge in [-0.1, -0.05) is 0 Å². The number of nitrogens with one attached hydrogen (secondary N) is 1. The minimum atomic E-state index is -0.489. The second-order valence-corrected chi connectivity index (χ2v) is 5.79. The van der Waals surface area contributed by atoms with Gasteiger partial charge in [-0.05, 0) is 30.3 Å². The lowest BCUT2D eigenvalue weighted by Gasteiger charge is -2.09. The lowest BCUT2D eigenvalue weighted by molar-refractivity contribution is -0.137. The van der Waals surface area contributed by atoms with Gasteiger partial charge in [-0.15, -0.1) is 11.8 Å². The summed E-state index contributed by atoms with van der Waals surface area (Å²) in [7, 11) is 1.32. The Kier molecular flexibility index (Phi) is 6.22. The van der Waals surface area contributed by atoms with E-state index in [9.17, 15) is 14.0 Å². The van der Waals surface area contributed by atoms with Crippen LogP contribution in [-0.2, 0) is 14.3 Å². The molecular formula is C16H17FN2O3S. The molecule has 0 radical (unpaired) electrons. The van der Waals surface area contributed by atoms with E-state index in [4.69, 9.17) is 0 Å². The first-order valence-electron chi connectivity index (χ1n) is 6.97. The van der Waals surface area contributed by atoms with E-state index in [0.717, 1.165) is 5.69 Å². The zero-order chi connectivity index (χ0) is 16.7. The maximum Gasteiger partial charge on any atom is 0.315 e. The number of nitrogens with zero attached hydrogens (tertiary/aromatic N) is 1. The number of halogens is 1. The normalized spacial score (nSPS) is 10.3. The number of methoxy groups -OCH3 is 1. The van der Waals surface area contributed by atoms with Gasteiger partial charge in [0, 0.05) is 30.3 Å². The van der Waals surface area contributed by atoms with Gasteiger partial charge in [0.25, 0.3) is 0 Å². The van der Waals surface area contributed by atoms with Crippen LogP contribution in [0.3, 0.4) is 0 Å². The largest absolute Gasteiger partial charge is 0.468 e. The molecule has 0 saturated heterocycles. The van der Waals surface area contributed by atoms with E-state index < -0.39 is 5.82 Å². The number of amides is 1. The summed E-state index contributed by atoms with van der Waals surface area (Å²) in [4.78, 5) is 22.8. The van der Waals surface area contributed by atoms with Crippen molar-refractivity contribution in [2.45, 2.75) is 6.42 Å². The van der Waals surface area contributed by atoms with E-state index in [1.54, 1.807) is 12.1 Å². The van der Waals surface area contributed by atoms with Crippen molar-refractivity contribution in [1.29, 1.82) is 0 Å². The highest BCUT2D eigenvalue weighted by atomic mass is 32.2. The Bertz CT molecular complexity index is 674. The van der Waals surface area contributed by atoms with E-state index in [1.807, 2.05) is 29.1 Å². The topological polar surface area (TPSA) is 60.3 Å². The molecule has 0 unspecified atom stereocenters. The van der Waals surface area contributed by atoms with Crippen LogP contribution in [0.5, 0.6) is 0 Å². The molecular weight excluding hydrogens is 319 g/mol. The number of carbonyl (C=O) groups excluding carboxylic acids is 2. The Morgan fingerprint density at radius 1 is 1.30 bits per heavy atom. The van der Waals surface area contributed by atoms with Gasteiger partial charge in [0.1, 0.15) is 5.82 Å². The van der Waals surface area contributed by atoms with Gasteiger partial charge in [0.15, 0.2) is 0 Å². The van der Waals surface area contributed by atoms with Gasteiger partial charge < -0.3 is 14.6 Å². The maximum atomic E-state index is 13.8. The van der Waals surface area contributed by atoms with Crippen molar-refractivity contribution in [2.75, 3.05) is 23.9 Å². The molecule has 0 aliphatic heterocycles. The zero-order valence-electron chi connectivity index (χ0n) is 12.6. The van der Waals surface area contributed by atoms with Crippen LogP contribution in [0.4, 0.5) is 10.1 Å². The number of rotatable bonds is 7. The van der Waals surface area contributed by atoms with Crippen LogP contribution in [0, 0.1) is 5.82 Å². The Balaban J connectivity index is 1.90. The standard InChI is InChI=1S/C16H17FN2O3S/c1-22-16(21)11-23-9-6-15(20)18-14-10-12(4-5-13(14)17)19-7-2-3-8-19/h2-5,7-8,10H,6,9,11H2,1H3,(H,18,20). The summed E-state index contributed by atoms with van der Waals surface area (Å²) >= 11 is 1.30. The molecule has 1 aromatic carbocycles. The number of hydrogen-bond donors (Lipinski definition) is 1. The summed E-state index contributed by atoms with van der Waals surface area (Å²) in [6.07, 6.45) is 3.86. The SMILES string of the molecule is COC(=O)CSCCC(=O)Nc1cc(-n2cccc2)ccc1F. The maximum absolute atomic E-state index is 13.8. The number of esters is 1. The van der Waals surface area contributed by atoms with Crippen molar-refractivity contribution in [2.24, 2.45) is 0 Å². The molecule has 7 heteroatoms. The third-order valence-electron chi connectivity index (χ3n) is 3.05. The molecule has 2 rings (SSSR count). The predicted molar refractivity (Wildman–Crippen MR) is 88.3 cm³/mol. The lowest BCUT2D eigenvalue weighted by atomic mass is 10.2. The van der Waals surface area contributed by atoms with Crippen molar-refractivity contribution in [1.82, 2.24) is 4.57 Å². The van der Waals surface area contributed by atoms with E-state index in [-0.39, 0.29) is 29.7 Å². The first-order valence-corrected chi connectivity index (χ1v) is 8.13. The van der Waals surface area contributed by atoms with Gasteiger partial charge in [-0.2, -0.15) is 0 Å². The molecule has 0 spiro atoms. The smallest absolute Gasteiger partial charge is 0.315 e. The molecule has 0 aliphatic rings. The summed E-state index contributed by atoms with van der Waals surface area (Å²) in [5.41, 5.74) is 0.894. The molecule has 122 valence electrons. The summed E-state index contributed by atoms with van der Waals surface area (Å²) < 4.78 is 20.1. The average Bonchev–Trinajstić information content (AvgIpc) is 3.08. The fraction of sp³-hybridized carbons (Fsp3) is 0.250. The Morgan fingerprint density at radius 2 is 2.04 bits per heavy atom. The highest BCUT2D eigenvalue weighted by Gasteiger charge is 2.09. The van der Waals surface area contributed by atoms with Gasteiger partial charge in [-0.25, -0.2) is 4.39 Å². The van der Waals surface area contributed by atoms with Crippen LogP contribution in [-0.4, -0.2) is 35.1 Å². The predicted octanol–water partition coefficient (Wildman–Crippen LogP) is 2.85. The van der Waals surface area contributed by atoms with Crippen molar-refractivity contribution in [3.8, 4) is 5.69 Å². The summed E-state index contributed by atoms with van der Waals surface area (Å²) in [5.74, 6) is -0.468. The molecule has 1 amide bonds. The number of anilines is 1. The molecule has 23 heavy (non-hydrogen) atoms. The Labute approximate surface area is 137 Å². The van der Waals surface area contributed by atoms with Crippen molar-refractivity contribution in [3.63, 3.8) is 0 Å². The van der Waals surface area contributed by atoms with Crippen LogP contribution in [0.1, 0.15) is 6.42 Å². The molecule has 1 aromatic heterocycles. The fourth-order valence-corrected chi connectivity index (χ4v) is 2.63. The first-order chi connectivity index (χ1) is 11.1. The van der Waals surface area contributed by atoms with Crippen molar-refractivity contribution >= 4 is 29.3 Å². The molecule has 0 aliphatic carbocycles. The zero-order valence-corrected chi connectivity index (χ0v) is 13.4. The highest BCUT2D eigenvalue weighted by molar-refractivity contribution is 7.99. The van der Waals surface area contributed by atoms with Gasteiger partial charge in [-0.3, -0.25) is 9.59 Å². The van der Waals surface area contributed by atoms with Gasteiger partial charge in [0.2, 0.25) is 5.91 Å². The van der Waals surface area contributed by atoms with Gasteiger partial charge in [0.05, 0.1) is 18.6 Å². The first kappa shape index (κ1) is 17.1. The second-order valence-electron chi connectivity index (χ2n) is 4.68. The molecule has 0 atom stereocenters. The van der Waals surface area contributed by atoms with Crippen molar-refractivity contribution in [3.05, 3.63) is 48.5 Å². The molecule has 0 saturated carbocycles. The van der Waals surface area contributed by atoms with Crippen molar-refractivity contribution < 1.29 is 18.7 Å². The van der Waals surface area contributed by atoms with Crippen LogP contribution < -0.4 is 5.32 Å². The van der Waals surface area contributed by atoms with Crippen LogP contribution >= 0.6 is 11.8 Å². The quantitative estimate of drug-likeness (QED) is 0.624. The van der Waals surface area contributed by atoms with E-state index in [1.165, 1.54) is 24.9 Å². The third kappa shape index (κ3) is 5.14. The number of aromatic nitrogens is 1. The Hall–Kier alpha value is -2.28. The second kappa shape index (κ2) is 8.38. The highest BCUT2D eigenvalue weighted by Crippen LogP contribution is 2.19. The van der Waals surface area contributed by atoms with E-state index >= 15 is 0 Å². The minimum absolute atomic E-state index is 0.138. The van der Waals surface area contributed by atoms with Crippen LogP contribution in [0.2, 0.25) is 0 Å². The lowest BCUT2D eigenvalue weighted by Crippen LogP contribution is -2.14. The fourth-order valence-electron chi connectivity index (χ4n) is 1.87. The Morgan fingerprint density at radius 3 is 2.74 bits per heavy atom. The van der Waals surface area contributed by atoms with Crippen LogP contribution in [0.15, 0.2) is 42.7 Å². The molecule has 5 nitrogen and oxygen atoms in total. The monoisotopic (exact) mass is 336 g/mol. The number of ether oxygens (including phenoxy) is 1. The number of benzene rings is 1. The number of hydrogen-bond acceptors (Lipinski definition) is 4. The third-order valence-corrected chi connectivity index (χ3v) is 3.98. The van der Waals surface area contributed by atoms with Crippen LogP contribution in [0.25, 0.3) is 5.69 Å². The summed E-state index contributed by atoms with van der Waals surface area (Å²) in [5, 5.41) is 2.56. The van der Waals surface area contributed by atoms with Gasteiger partial charge >= 0.3 is 5.97 Å². The summed E-state index contributed by atoms with van der Waals surface area (Å²) in [6.45, 7) is 0. The molecule has 1 N–H and O–H groups in total. The number of carbonyl (C=O) groups is 2. The minimum Gasteiger partial charge on any atom is -0.468 e. The summed E-state index contributed by atoms with van der Waals surface area (Å²) in [6, 6.07) is 8.25. The van der Waals surface area contributed by atoms with E-state index in [0.29, 0.717) is 5.75 Å². The van der Waals surface area contributed by atoms with E-state index in [2.05, 4.69) is 10.1 Å². The number of thioether (sulfide) groups is 1.